The van der Waals surface area contributed by atoms with Crippen LogP contribution in [-0.4, -0.2) is 29.1 Å². The Kier molecular flexibility index (Phi) is 5.33. The average Bonchev–Trinajstić information content (AvgIpc) is 2.92. The molecule has 5 nitrogen and oxygen atoms in total. The molecule has 3 unspecified atom stereocenters. The van der Waals surface area contributed by atoms with Crippen LogP contribution in [0.15, 0.2) is 30.3 Å². The Balaban J connectivity index is 1.76. The molecule has 5 heteroatoms. The molecule has 3 atom stereocenters. The molecule has 1 amide bonds. The number of aliphatic hydroxyl groups is 1. The highest BCUT2D eigenvalue weighted by Gasteiger charge is 2.30. The van der Waals surface area contributed by atoms with Crippen LogP contribution in [0, 0.1) is 5.92 Å². The molecule has 0 saturated heterocycles. The fourth-order valence-electron chi connectivity index (χ4n) is 2.44. The molecule has 2 rings (SSSR count). The number of carbonyl (C=O) groups excluding carboxylic acids is 2. The molecule has 1 saturated carbocycles. The van der Waals surface area contributed by atoms with Gasteiger partial charge < -0.3 is 15.2 Å². The minimum Gasteiger partial charge on any atom is -0.459 e. The Morgan fingerprint density at radius 2 is 2.05 bits per heavy atom. The quantitative estimate of drug-likeness (QED) is 0.804. The number of ether oxygens (including phenoxy) is 1. The predicted octanol–water partition coefficient (Wildman–Crippen LogP) is 1.40. The second kappa shape index (κ2) is 7.22. The number of benzene rings is 1. The van der Waals surface area contributed by atoms with Crippen LogP contribution in [0.25, 0.3) is 0 Å². The van der Waals surface area contributed by atoms with E-state index in [1.807, 2.05) is 30.3 Å². The van der Waals surface area contributed by atoms with Gasteiger partial charge in [-0.3, -0.25) is 4.79 Å². The fraction of sp³-hybridized carbons (Fsp3) is 0.500. The van der Waals surface area contributed by atoms with Crippen LogP contribution in [0.3, 0.4) is 0 Å². The molecule has 1 aliphatic rings. The zero-order valence-corrected chi connectivity index (χ0v) is 12.1. The summed E-state index contributed by atoms with van der Waals surface area (Å²) in [5.41, 5.74) is 0.906. The lowest BCUT2D eigenvalue weighted by atomic mass is 10.1. The van der Waals surface area contributed by atoms with Crippen molar-refractivity contribution >= 4 is 11.9 Å². The summed E-state index contributed by atoms with van der Waals surface area (Å²) in [5.74, 6) is -0.842. The van der Waals surface area contributed by atoms with Crippen molar-refractivity contribution in [2.75, 3.05) is 0 Å². The van der Waals surface area contributed by atoms with E-state index in [9.17, 15) is 14.7 Å². The van der Waals surface area contributed by atoms with E-state index in [1.165, 1.54) is 0 Å². The Hall–Kier alpha value is -1.88. The lowest BCUT2D eigenvalue weighted by molar-refractivity contribution is -0.149. The molecule has 0 spiro atoms. The SMILES string of the molecule is CC(NC(=O)C1CCC(O)C1)C(=O)OCc1ccccc1. The number of hydrogen-bond acceptors (Lipinski definition) is 4. The summed E-state index contributed by atoms with van der Waals surface area (Å²) in [4.78, 5) is 23.8. The van der Waals surface area contributed by atoms with Crippen LogP contribution in [0.5, 0.6) is 0 Å². The minimum absolute atomic E-state index is 0.185. The van der Waals surface area contributed by atoms with Gasteiger partial charge >= 0.3 is 5.97 Å². The van der Waals surface area contributed by atoms with Crippen molar-refractivity contribution in [2.45, 2.75) is 44.9 Å². The second-order valence-electron chi connectivity index (χ2n) is 5.49. The van der Waals surface area contributed by atoms with E-state index in [-0.39, 0.29) is 18.4 Å². The molecule has 1 fully saturated rings. The van der Waals surface area contributed by atoms with E-state index < -0.39 is 18.1 Å². The lowest BCUT2D eigenvalue weighted by Crippen LogP contribution is -2.42. The van der Waals surface area contributed by atoms with Crippen molar-refractivity contribution in [3.8, 4) is 0 Å². The van der Waals surface area contributed by atoms with Gasteiger partial charge in [-0.25, -0.2) is 4.79 Å². The van der Waals surface area contributed by atoms with Crippen LogP contribution in [0.1, 0.15) is 31.7 Å². The van der Waals surface area contributed by atoms with Crippen molar-refractivity contribution in [2.24, 2.45) is 5.92 Å². The maximum atomic E-state index is 11.9. The monoisotopic (exact) mass is 291 g/mol. The largest absolute Gasteiger partial charge is 0.459 e. The molecular formula is C16H21NO4. The summed E-state index contributed by atoms with van der Waals surface area (Å²) in [6, 6.07) is 8.70. The van der Waals surface area contributed by atoms with Gasteiger partial charge in [0.15, 0.2) is 0 Å². The van der Waals surface area contributed by atoms with Gasteiger partial charge in [-0.05, 0) is 31.7 Å². The molecule has 21 heavy (non-hydrogen) atoms. The van der Waals surface area contributed by atoms with E-state index in [0.717, 1.165) is 5.56 Å². The van der Waals surface area contributed by atoms with E-state index in [0.29, 0.717) is 19.3 Å². The summed E-state index contributed by atoms with van der Waals surface area (Å²) in [6.45, 7) is 1.80. The van der Waals surface area contributed by atoms with Crippen molar-refractivity contribution < 1.29 is 19.4 Å². The first-order valence-corrected chi connectivity index (χ1v) is 7.25. The molecule has 0 aromatic heterocycles. The summed E-state index contributed by atoms with van der Waals surface area (Å²) in [7, 11) is 0. The van der Waals surface area contributed by atoms with E-state index in [1.54, 1.807) is 6.92 Å². The first-order valence-electron chi connectivity index (χ1n) is 7.25. The van der Waals surface area contributed by atoms with Crippen LogP contribution in [0.2, 0.25) is 0 Å². The van der Waals surface area contributed by atoms with Gasteiger partial charge in [-0.2, -0.15) is 0 Å². The minimum atomic E-state index is -0.682. The van der Waals surface area contributed by atoms with E-state index >= 15 is 0 Å². The number of amides is 1. The second-order valence-corrected chi connectivity index (χ2v) is 5.49. The molecule has 1 aromatic rings. The third-order valence-corrected chi connectivity index (χ3v) is 3.71. The highest BCUT2D eigenvalue weighted by molar-refractivity contribution is 5.85. The number of aliphatic hydroxyl groups excluding tert-OH is 1. The van der Waals surface area contributed by atoms with Crippen LogP contribution in [0.4, 0.5) is 0 Å². The Morgan fingerprint density at radius 1 is 1.33 bits per heavy atom. The summed E-state index contributed by atoms with van der Waals surface area (Å²) < 4.78 is 5.17. The molecule has 0 radical (unpaired) electrons. The normalized spacial score (nSPS) is 22.6. The third-order valence-electron chi connectivity index (χ3n) is 3.71. The van der Waals surface area contributed by atoms with Crippen LogP contribution < -0.4 is 5.32 Å². The zero-order valence-electron chi connectivity index (χ0n) is 12.1. The molecule has 1 aromatic carbocycles. The van der Waals surface area contributed by atoms with E-state index in [4.69, 9.17) is 4.74 Å². The van der Waals surface area contributed by atoms with Crippen molar-refractivity contribution in [1.29, 1.82) is 0 Å². The molecular weight excluding hydrogens is 270 g/mol. The lowest BCUT2D eigenvalue weighted by Gasteiger charge is -2.16. The van der Waals surface area contributed by atoms with Gasteiger partial charge in [-0.15, -0.1) is 0 Å². The zero-order chi connectivity index (χ0) is 15.2. The topological polar surface area (TPSA) is 75.6 Å². The van der Waals surface area contributed by atoms with Gasteiger partial charge in [-0.1, -0.05) is 30.3 Å². The maximum Gasteiger partial charge on any atom is 0.328 e. The number of carbonyl (C=O) groups is 2. The van der Waals surface area contributed by atoms with Gasteiger partial charge in [0, 0.05) is 5.92 Å². The fourth-order valence-corrected chi connectivity index (χ4v) is 2.44. The van der Waals surface area contributed by atoms with Crippen molar-refractivity contribution in [3.05, 3.63) is 35.9 Å². The van der Waals surface area contributed by atoms with Crippen molar-refractivity contribution in [3.63, 3.8) is 0 Å². The number of rotatable bonds is 5. The van der Waals surface area contributed by atoms with Crippen LogP contribution >= 0.6 is 0 Å². The molecule has 114 valence electrons. The van der Waals surface area contributed by atoms with Gasteiger partial charge in [0.1, 0.15) is 12.6 Å². The Bertz CT molecular complexity index is 488. The number of esters is 1. The molecule has 1 aliphatic carbocycles. The first kappa shape index (κ1) is 15.5. The molecule has 0 heterocycles. The highest BCUT2D eigenvalue weighted by atomic mass is 16.5. The molecule has 0 aliphatic heterocycles. The standard InChI is InChI=1S/C16H21NO4/c1-11(17-15(19)13-7-8-14(18)9-13)16(20)21-10-12-5-3-2-4-6-12/h2-6,11,13-14,18H,7-10H2,1H3,(H,17,19). The summed E-state index contributed by atoms with van der Waals surface area (Å²) >= 11 is 0. The third kappa shape index (κ3) is 4.56. The number of nitrogens with one attached hydrogen (secondary N) is 1. The van der Waals surface area contributed by atoms with Gasteiger partial charge in [0.2, 0.25) is 5.91 Å². The smallest absolute Gasteiger partial charge is 0.328 e. The van der Waals surface area contributed by atoms with Crippen LogP contribution in [-0.2, 0) is 20.9 Å². The Labute approximate surface area is 124 Å². The molecule has 2 N–H and O–H groups in total. The number of hydrogen-bond donors (Lipinski definition) is 2. The van der Waals surface area contributed by atoms with Gasteiger partial charge in [0.25, 0.3) is 0 Å². The average molecular weight is 291 g/mol. The predicted molar refractivity (Wildman–Crippen MR) is 77.2 cm³/mol. The van der Waals surface area contributed by atoms with Crippen molar-refractivity contribution in [1.82, 2.24) is 5.32 Å². The summed E-state index contributed by atoms with van der Waals surface area (Å²) in [5, 5.41) is 12.1. The highest BCUT2D eigenvalue weighted by Crippen LogP contribution is 2.25. The maximum absolute atomic E-state index is 11.9. The Morgan fingerprint density at radius 3 is 2.67 bits per heavy atom. The summed E-state index contributed by atoms with van der Waals surface area (Å²) in [6.07, 6.45) is 1.38. The first-order chi connectivity index (χ1) is 10.1. The molecule has 0 bridgehead atoms. The van der Waals surface area contributed by atoms with E-state index in [2.05, 4.69) is 5.32 Å². The van der Waals surface area contributed by atoms with Gasteiger partial charge in [0.05, 0.1) is 6.10 Å².